The molecule has 0 saturated carbocycles. The summed E-state index contributed by atoms with van der Waals surface area (Å²) < 4.78 is 26.3. The molecule has 0 unspecified atom stereocenters. The van der Waals surface area contributed by atoms with Crippen LogP contribution in [0.5, 0.6) is 0 Å². The molecule has 0 aliphatic carbocycles. The van der Waals surface area contributed by atoms with Crippen molar-refractivity contribution in [3.05, 3.63) is 29.8 Å². The van der Waals surface area contributed by atoms with Gasteiger partial charge in [-0.15, -0.1) is 0 Å². The molecule has 0 heterocycles. The molecule has 0 spiro atoms. The minimum absolute atomic E-state index is 0.0342. The molecule has 0 bridgehead atoms. The normalized spacial score (nSPS) is 13.9. The average molecular weight is 327 g/mol. The molecule has 1 atom stereocenters. The zero-order valence-electron chi connectivity index (χ0n) is 12.8. The molecule has 22 heavy (non-hydrogen) atoms. The van der Waals surface area contributed by atoms with E-state index in [1.54, 1.807) is 12.1 Å². The molecule has 0 aliphatic heterocycles. The van der Waals surface area contributed by atoms with Gasteiger partial charge in [0, 0.05) is 0 Å². The van der Waals surface area contributed by atoms with E-state index in [9.17, 15) is 13.2 Å². The molecule has 0 saturated heterocycles. The molecule has 122 valence electrons. The molecule has 0 fully saturated rings. The number of carbonyl (C=O) groups is 1. The fourth-order valence-corrected chi connectivity index (χ4v) is 2.70. The van der Waals surface area contributed by atoms with E-state index in [0.29, 0.717) is 0 Å². The molecule has 1 aromatic rings. The molecule has 1 rings (SSSR count). The van der Waals surface area contributed by atoms with E-state index in [-0.39, 0.29) is 17.2 Å². The smallest absolute Gasteiger partial charge is 0.328 e. The molecule has 0 aromatic heterocycles. The van der Waals surface area contributed by atoms with Crippen LogP contribution < -0.4 is 10.5 Å². The number of rotatable bonds is 6. The highest BCUT2D eigenvalue weighted by Gasteiger charge is 2.20. The second-order valence-corrected chi connectivity index (χ2v) is 7.10. The fraction of sp³-hybridized carbons (Fsp3) is 0.429. The number of hydrogen-bond donors (Lipinski definition) is 3. The van der Waals surface area contributed by atoms with E-state index < -0.39 is 28.0 Å². The van der Waals surface area contributed by atoms with E-state index in [1.807, 2.05) is 20.8 Å². The Labute approximate surface area is 130 Å². The largest absolute Gasteiger partial charge is 0.480 e. The van der Waals surface area contributed by atoms with Crippen molar-refractivity contribution in [3.63, 3.8) is 0 Å². The van der Waals surface area contributed by atoms with E-state index in [4.69, 9.17) is 10.8 Å². The number of carboxylic acids is 1. The number of nitrogens with one attached hydrogen (secondary N) is 1. The molecule has 8 heteroatoms. The monoisotopic (exact) mass is 327 g/mol. The van der Waals surface area contributed by atoms with Gasteiger partial charge < -0.3 is 10.8 Å². The van der Waals surface area contributed by atoms with Crippen molar-refractivity contribution in [2.24, 2.45) is 16.6 Å². The number of aryl methyl sites for hydroxylation is 1. The van der Waals surface area contributed by atoms with Crippen LogP contribution in [0.3, 0.4) is 0 Å². The Kier molecular flexibility index (Phi) is 5.92. The van der Waals surface area contributed by atoms with Gasteiger partial charge in [0.25, 0.3) is 10.0 Å². The second-order valence-electron chi connectivity index (χ2n) is 5.42. The first-order valence-electron chi connectivity index (χ1n) is 6.77. The summed E-state index contributed by atoms with van der Waals surface area (Å²) in [5.74, 6) is -1.49. The van der Waals surface area contributed by atoms with Crippen LogP contribution >= 0.6 is 0 Å². The van der Waals surface area contributed by atoms with Crippen LogP contribution in [0.25, 0.3) is 0 Å². The van der Waals surface area contributed by atoms with Gasteiger partial charge in [-0.1, -0.05) is 31.5 Å². The standard InChI is InChI=1S/C14H21N3O4S/c1-9(2)8-12(13(18)19)16-14(15)17-22(20,21)11-6-4-10(3)5-7-11/h4-7,9,12H,8H2,1-3H3,(H,18,19)(H3,15,16,17)/t12-/m0/s1. The summed E-state index contributed by atoms with van der Waals surface area (Å²) >= 11 is 0. The second kappa shape index (κ2) is 7.26. The van der Waals surface area contributed by atoms with Gasteiger partial charge in [-0.25, -0.2) is 22.9 Å². The topological polar surface area (TPSA) is 122 Å². The third-order valence-electron chi connectivity index (χ3n) is 2.84. The summed E-state index contributed by atoms with van der Waals surface area (Å²) in [7, 11) is -3.87. The Balaban J connectivity index is 2.93. The van der Waals surface area contributed by atoms with E-state index in [0.717, 1.165) is 5.56 Å². The lowest BCUT2D eigenvalue weighted by Gasteiger charge is -2.12. The van der Waals surface area contributed by atoms with Gasteiger partial charge in [-0.3, -0.25) is 0 Å². The van der Waals surface area contributed by atoms with Gasteiger partial charge in [0.2, 0.25) is 5.96 Å². The molecule has 1 aromatic carbocycles. The third kappa shape index (κ3) is 5.36. The van der Waals surface area contributed by atoms with Crippen molar-refractivity contribution in [3.8, 4) is 0 Å². The lowest BCUT2D eigenvalue weighted by molar-refractivity contribution is -0.138. The lowest BCUT2D eigenvalue weighted by atomic mass is 10.0. The highest BCUT2D eigenvalue weighted by molar-refractivity contribution is 7.90. The van der Waals surface area contributed by atoms with E-state index in [2.05, 4.69) is 9.71 Å². The molecule has 4 N–H and O–H groups in total. The summed E-state index contributed by atoms with van der Waals surface area (Å²) in [5.41, 5.74) is 6.46. The van der Waals surface area contributed by atoms with Crippen LogP contribution in [0.2, 0.25) is 0 Å². The summed E-state index contributed by atoms with van der Waals surface area (Å²) in [6.45, 7) is 5.53. The van der Waals surface area contributed by atoms with Crippen LogP contribution in [0.1, 0.15) is 25.8 Å². The van der Waals surface area contributed by atoms with E-state index in [1.165, 1.54) is 12.1 Å². The number of nitrogens with two attached hydrogens (primary N) is 1. The Morgan fingerprint density at radius 2 is 1.86 bits per heavy atom. The van der Waals surface area contributed by atoms with E-state index >= 15 is 0 Å². The zero-order valence-corrected chi connectivity index (χ0v) is 13.6. The van der Waals surface area contributed by atoms with Crippen molar-refractivity contribution in [1.82, 2.24) is 4.72 Å². The Bertz CT molecular complexity index is 651. The molecular weight excluding hydrogens is 306 g/mol. The predicted octanol–water partition coefficient (Wildman–Crippen LogP) is 1.09. The van der Waals surface area contributed by atoms with Gasteiger partial charge in [-0.2, -0.15) is 0 Å². The summed E-state index contributed by atoms with van der Waals surface area (Å²) in [6.07, 6.45) is 0.266. The van der Waals surface area contributed by atoms with Gasteiger partial charge in [0.15, 0.2) is 6.04 Å². The van der Waals surface area contributed by atoms with Gasteiger partial charge in [-0.05, 0) is 31.4 Å². The average Bonchev–Trinajstić information content (AvgIpc) is 2.37. The maximum atomic E-state index is 12.1. The molecular formula is C14H21N3O4S. The first kappa shape index (κ1) is 18.0. The van der Waals surface area contributed by atoms with Crippen molar-refractivity contribution in [2.45, 2.75) is 38.1 Å². The van der Waals surface area contributed by atoms with Gasteiger partial charge in [0.1, 0.15) is 0 Å². The van der Waals surface area contributed by atoms with Crippen LogP contribution in [-0.2, 0) is 14.8 Å². The summed E-state index contributed by atoms with van der Waals surface area (Å²) in [5, 5.41) is 9.08. The van der Waals surface area contributed by atoms with Crippen molar-refractivity contribution in [1.29, 1.82) is 0 Å². The van der Waals surface area contributed by atoms with Gasteiger partial charge in [0.05, 0.1) is 4.90 Å². The first-order chi connectivity index (χ1) is 10.1. The zero-order chi connectivity index (χ0) is 16.9. The third-order valence-corrected chi connectivity index (χ3v) is 4.22. The highest BCUT2D eigenvalue weighted by atomic mass is 32.2. The first-order valence-corrected chi connectivity index (χ1v) is 8.25. The quantitative estimate of drug-likeness (QED) is 0.533. The minimum Gasteiger partial charge on any atom is -0.480 e. The van der Waals surface area contributed by atoms with Gasteiger partial charge >= 0.3 is 5.97 Å². The van der Waals surface area contributed by atoms with Crippen LogP contribution in [0.15, 0.2) is 34.2 Å². The number of sulfonamides is 1. The maximum Gasteiger partial charge on any atom is 0.328 e. The Morgan fingerprint density at radius 1 is 1.32 bits per heavy atom. The number of benzene rings is 1. The van der Waals surface area contributed by atoms with Crippen LogP contribution in [0.4, 0.5) is 0 Å². The molecule has 7 nitrogen and oxygen atoms in total. The maximum absolute atomic E-state index is 12.1. The minimum atomic E-state index is -3.87. The number of guanidine groups is 1. The van der Waals surface area contributed by atoms with Crippen LogP contribution in [0, 0.1) is 12.8 Å². The SMILES string of the molecule is Cc1ccc(S(=O)(=O)NC(N)=N[C@@H](CC(C)C)C(=O)O)cc1. The Hall–Kier alpha value is -2.09. The Morgan fingerprint density at radius 3 is 2.32 bits per heavy atom. The summed E-state index contributed by atoms with van der Waals surface area (Å²) in [4.78, 5) is 14.9. The number of hydrogen-bond acceptors (Lipinski definition) is 4. The van der Waals surface area contributed by atoms with Crippen molar-refractivity contribution >= 4 is 22.0 Å². The highest BCUT2D eigenvalue weighted by Crippen LogP contribution is 2.11. The number of aliphatic carboxylic acids is 1. The summed E-state index contributed by atoms with van der Waals surface area (Å²) in [6, 6.07) is 5.10. The van der Waals surface area contributed by atoms with Crippen LogP contribution in [-0.4, -0.2) is 31.5 Å². The molecule has 0 amide bonds. The fourth-order valence-electron chi connectivity index (χ4n) is 1.76. The predicted molar refractivity (Wildman–Crippen MR) is 84.0 cm³/mol. The lowest BCUT2D eigenvalue weighted by Crippen LogP contribution is -2.38. The number of carboxylic acid groups (broad SMARTS) is 1. The van der Waals surface area contributed by atoms with Crippen molar-refractivity contribution in [2.75, 3.05) is 0 Å². The number of nitrogens with zero attached hydrogens (tertiary/aromatic N) is 1. The molecule has 0 radical (unpaired) electrons. The van der Waals surface area contributed by atoms with Crippen molar-refractivity contribution < 1.29 is 18.3 Å². The number of aliphatic imine (C=N–C) groups is 1. The molecule has 0 aliphatic rings.